The van der Waals surface area contributed by atoms with Crippen molar-refractivity contribution in [3.8, 4) is 0 Å². The van der Waals surface area contributed by atoms with Crippen LogP contribution in [0.1, 0.15) is 0 Å². The van der Waals surface area contributed by atoms with Crippen molar-refractivity contribution in [2.45, 2.75) is 24.4 Å². The molecule has 0 aliphatic heterocycles. The Bertz CT molecular complexity index is 179. The van der Waals surface area contributed by atoms with E-state index in [0.717, 1.165) is 0 Å². The average molecular weight is 207 g/mol. The summed E-state index contributed by atoms with van der Waals surface area (Å²) >= 11 is 0. The second-order valence-corrected chi connectivity index (χ2v) is 3.52. The molecule has 0 bridgehead atoms. The molecule has 0 amide bonds. The third-order valence-electron chi connectivity index (χ3n) is 2.67. The molecule has 6 heteroatoms. The van der Waals surface area contributed by atoms with Gasteiger partial charge < -0.3 is 30.8 Å². The van der Waals surface area contributed by atoms with Crippen LogP contribution in [-0.2, 0) is 0 Å². The largest absolute Gasteiger partial charge is 0.396 e. The molecule has 1 saturated carbocycles. The van der Waals surface area contributed by atoms with Crippen molar-refractivity contribution in [1.29, 1.82) is 0 Å². The summed E-state index contributed by atoms with van der Waals surface area (Å²) < 4.78 is 0. The lowest BCUT2D eigenvalue weighted by atomic mass is 10.0. The van der Waals surface area contributed by atoms with Gasteiger partial charge in [-0.25, -0.2) is 0 Å². The van der Waals surface area contributed by atoms with Gasteiger partial charge in [-0.2, -0.15) is 0 Å². The van der Waals surface area contributed by atoms with E-state index >= 15 is 0 Å². The Kier molecular flexibility index (Phi) is 4.24. The Morgan fingerprint density at radius 2 is 1.57 bits per heavy atom. The smallest absolute Gasteiger partial charge is 0.108 e. The standard InChI is InChI=1S/C8H17NO5/c10-2-1-9-5-4(3-11)6(12)8(14)7(5)13/h4-14H,1-3H2/t4-,5+,6-,7-,8-/m0/s1. The lowest BCUT2D eigenvalue weighted by Gasteiger charge is -2.21. The number of hydrogen-bond donors (Lipinski definition) is 6. The van der Waals surface area contributed by atoms with Gasteiger partial charge in [0.2, 0.25) is 0 Å². The highest BCUT2D eigenvalue weighted by molar-refractivity contribution is 5.01. The van der Waals surface area contributed by atoms with E-state index in [-0.39, 0.29) is 19.8 Å². The van der Waals surface area contributed by atoms with Crippen LogP contribution in [0, 0.1) is 5.92 Å². The molecule has 0 aromatic rings. The first kappa shape index (κ1) is 11.8. The van der Waals surface area contributed by atoms with Crippen molar-refractivity contribution < 1.29 is 25.5 Å². The fourth-order valence-electron chi connectivity index (χ4n) is 1.86. The molecule has 0 unspecified atom stereocenters. The van der Waals surface area contributed by atoms with Gasteiger partial charge >= 0.3 is 0 Å². The molecule has 1 fully saturated rings. The van der Waals surface area contributed by atoms with Gasteiger partial charge in [-0.1, -0.05) is 0 Å². The van der Waals surface area contributed by atoms with Crippen LogP contribution < -0.4 is 5.32 Å². The quantitative estimate of drug-likeness (QED) is 0.287. The Morgan fingerprint density at radius 3 is 2.07 bits per heavy atom. The minimum Gasteiger partial charge on any atom is -0.396 e. The van der Waals surface area contributed by atoms with Gasteiger partial charge in [-0.3, -0.25) is 0 Å². The van der Waals surface area contributed by atoms with Crippen LogP contribution in [0.2, 0.25) is 0 Å². The van der Waals surface area contributed by atoms with Crippen LogP contribution in [0.5, 0.6) is 0 Å². The lowest BCUT2D eigenvalue weighted by molar-refractivity contribution is -0.0312. The van der Waals surface area contributed by atoms with Crippen LogP contribution in [0.3, 0.4) is 0 Å². The molecule has 84 valence electrons. The zero-order valence-corrected chi connectivity index (χ0v) is 7.74. The van der Waals surface area contributed by atoms with Gasteiger partial charge in [0.25, 0.3) is 0 Å². The second kappa shape index (κ2) is 5.01. The summed E-state index contributed by atoms with van der Waals surface area (Å²) in [6.07, 6.45) is -3.50. The molecular weight excluding hydrogens is 190 g/mol. The first-order chi connectivity index (χ1) is 6.63. The minimum absolute atomic E-state index is 0.104. The van der Waals surface area contributed by atoms with Crippen LogP contribution in [0.15, 0.2) is 0 Å². The molecule has 14 heavy (non-hydrogen) atoms. The first-order valence-electron chi connectivity index (χ1n) is 4.62. The Hall–Kier alpha value is -0.240. The fraction of sp³-hybridized carbons (Fsp3) is 1.00. The molecule has 0 aromatic carbocycles. The van der Waals surface area contributed by atoms with Gasteiger partial charge in [-0.15, -0.1) is 0 Å². The first-order valence-corrected chi connectivity index (χ1v) is 4.62. The predicted molar refractivity (Wildman–Crippen MR) is 47.5 cm³/mol. The summed E-state index contributed by atoms with van der Waals surface area (Å²) in [6.45, 7) is -0.177. The monoisotopic (exact) mass is 207 g/mol. The highest BCUT2D eigenvalue weighted by Crippen LogP contribution is 2.26. The van der Waals surface area contributed by atoms with Crippen LogP contribution in [0.25, 0.3) is 0 Å². The highest BCUT2D eigenvalue weighted by Gasteiger charge is 2.47. The summed E-state index contributed by atoms with van der Waals surface area (Å²) in [5.41, 5.74) is 0. The van der Waals surface area contributed by atoms with Crippen LogP contribution >= 0.6 is 0 Å². The molecule has 0 saturated heterocycles. The van der Waals surface area contributed by atoms with E-state index < -0.39 is 30.3 Å². The van der Waals surface area contributed by atoms with E-state index in [4.69, 9.17) is 10.2 Å². The Balaban J connectivity index is 2.61. The summed E-state index contributed by atoms with van der Waals surface area (Å²) in [5, 5.41) is 48.5. The molecule has 5 atom stereocenters. The number of nitrogens with one attached hydrogen (secondary N) is 1. The van der Waals surface area contributed by atoms with Gasteiger partial charge in [0.05, 0.1) is 25.4 Å². The van der Waals surface area contributed by atoms with Crippen molar-refractivity contribution in [3.05, 3.63) is 0 Å². The number of hydrogen-bond acceptors (Lipinski definition) is 6. The molecule has 0 aromatic heterocycles. The normalized spacial score (nSPS) is 43.1. The van der Waals surface area contributed by atoms with E-state index in [1.54, 1.807) is 0 Å². The Labute approximate surface area is 81.8 Å². The van der Waals surface area contributed by atoms with E-state index in [1.807, 2.05) is 0 Å². The van der Waals surface area contributed by atoms with Gasteiger partial charge in [-0.05, 0) is 0 Å². The number of aliphatic hydroxyl groups is 5. The van der Waals surface area contributed by atoms with E-state index in [9.17, 15) is 15.3 Å². The summed E-state index contributed by atoms with van der Waals surface area (Å²) in [7, 11) is 0. The molecule has 0 heterocycles. The van der Waals surface area contributed by atoms with E-state index in [1.165, 1.54) is 0 Å². The highest BCUT2D eigenvalue weighted by atomic mass is 16.4. The molecule has 6 nitrogen and oxygen atoms in total. The van der Waals surface area contributed by atoms with Crippen molar-refractivity contribution in [1.82, 2.24) is 5.32 Å². The van der Waals surface area contributed by atoms with Crippen molar-refractivity contribution in [2.75, 3.05) is 19.8 Å². The van der Waals surface area contributed by atoms with Gasteiger partial charge in [0.1, 0.15) is 6.10 Å². The molecule has 0 spiro atoms. The predicted octanol–water partition coefficient (Wildman–Crippen LogP) is -3.36. The summed E-state index contributed by atoms with van der Waals surface area (Å²) in [4.78, 5) is 0. The topological polar surface area (TPSA) is 113 Å². The molecular formula is C8H17NO5. The molecule has 1 aliphatic carbocycles. The van der Waals surface area contributed by atoms with E-state index in [2.05, 4.69) is 5.32 Å². The maximum Gasteiger partial charge on any atom is 0.108 e. The van der Waals surface area contributed by atoms with Crippen LogP contribution in [0.4, 0.5) is 0 Å². The number of aliphatic hydroxyl groups excluding tert-OH is 5. The molecule has 1 aliphatic rings. The third-order valence-corrected chi connectivity index (χ3v) is 2.67. The SMILES string of the molecule is OCCN[C@H]1[C@H](O)[C@@H](O)[C@@H](O)[C@H]1CO. The third kappa shape index (κ3) is 2.05. The summed E-state index contributed by atoms with van der Waals surface area (Å²) in [6, 6.07) is -0.586. The molecule has 0 radical (unpaired) electrons. The van der Waals surface area contributed by atoms with E-state index in [0.29, 0.717) is 0 Å². The van der Waals surface area contributed by atoms with Gasteiger partial charge in [0, 0.05) is 18.5 Å². The molecule has 1 rings (SSSR count). The maximum atomic E-state index is 9.49. The fourth-order valence-corrected chi connectivity index (χ4v) is 1.86. The maximum absolute atomic E-state index is 9.49. The van der Waals surface area contributed by atoms with Crippen molar-refractivity contribution in [2.24, 2.45) is 5.92 Å². The average Bonchev–Trinajstić information content (AvgIpc) is 2.39. The van der Waals surface area contributed by atoms with Crippen molar-refractivity contribution >= 4 is 0 Å². The minimum atomic E-state index is -1.25. The molecule has 6 N–H and O–H groups in total. The lowest BCUT2D eigenvalue weighted by Crippen LogP contribution is -2.44. The zero-order chi connectivity index (χ0) is 10.7. The van der Waals surface area contributed by atoms with Crippen LogP contribution in [-0.4, -0.2) is 69.6 Å². The number of rotatable bonds is 4. The van der Waals surface area contributed by atoms with Gasteiger partial charge in [0.15, 0.2) is 0 Å². The summed E-state index contributed by atoms with van der Waals surface area (Å²) in [5.74, 6) is -0.605. The Morgan fingerprint density at radius 1 is 0.929 bits per heavy atom. The van der Waals surface area contributed by atoms with Crippen molar-refractivity contribution in [3.63, 3.8) is 0 Å². The zero-order valence-electron chi connectivity index (χ0n) is 7.74. The second-order valence-electron chi connectivity index (χ2n) is 3.52.